The van der Waals surface area contributed by atoms with Gasteiger partial charge in [-0.25, -0.2) is 16.8 Å². The molecule has 13 nitrogen and oxygen atoms in total. The summed E-state index contributed by atoms with van der Waals surface area (Å²) in [6.45, 7) is 7.88. The number of likely N-dealkylation sites (N-methyl/N-ethyl adjacent to an activating group) is 1. The molecule has 294 valence electrons. The second-order valence-electron chi connectivity index (χ2n) is 13.7. The quantitative estimate of drug-likeness (QED) is 0.143. The monoisotopic (exact) mass is 820 g/mol. The first-order valence-electron chi connectivity index (χ1n) is 17.3. The highest BCUT2D eigenvalue weighted by molar-refractivity contribution is 7.93. The van der Waals surface area contributed by atoms with Gasteiger partial charge in [-0.15, -0.1) is 24.8 Å². The van der Waals surface area contributed by atoms with Crippen LogP contribution in [-0.2, 0) is 20.0 Å². The second-order valence-corrected chi connectivity index (χ2v) is 17.0. The maximum absolute atomic E-state index is 12.8. The Morgan fingerprint density at radius 3 is 1.85 bits per heavy atom. The Kier molecular flexibility index (Phi) is 13.9. The standard InChI is InChI=1S/C19H26N4O3S.C18H22N4O2S.2ClH/c1-13-12-23(14(2)11-21-13)18-9-8-15(10-16(18)20)27(24,25)22-17-6-4-5-7-19(17)26-3;1-21-11-15-9-14(21)12-22(15)18-8-7-16(10-17(18)19)25(23,24)20-13-5-3-2-4-6-13;;/h4-10,13-14,21-22H,11-12,20H2,1-3H3;2-8,10,14-15,20H,9,11-12,19H2,1H3;2*1H/t13-,14+;;;/m0.../s1. The molecule has 2 unspecified atom stereocenters. The van der Waals surface area contributed by atoms with Crippen LogP contribution in [-0.4, -0.2) is 86.2 Å². The Bertz CT molecular complexity index is 2110. The predicted molar refractivity (Wildman–Crippen MR) is 224 cm³/mol. The molecular weight excluding hydrogens is 771 g/mol. The minimum atomic E-state index is -3.78. The van der Waals surface area contributed by atoms with E-state index in [0.29, 0.717) is 46.6 Å². The van der Waals surface area contributed by atoms with Crippen LogP contribution in [0.4, 0.5) is 34.1 Å². The third kappa shape index (κ3) is 9.39. The van der Waals surface area contributed by atoms with Gasteiger partial charge in [0.2, 0.25) is 0 Å². The molecule has 7 rings (SSSR count). The van der Waals surface area contributed by atoms with E-state index in [1.165, 1.54) is 13.2 Å². The fourth-order valence-corrected chi connectivity index (χ4v) is 9.29. The van der Waals surface area contributed by atoms with Crippen LogP contribution in [0.25, 0.3) is 0 Å². The van der Waals surface area contributed by atoms with Crippen LogP contribution >= 0.6 is 24.8 Å². The number of sulfonamides is 2. The summed E-state index contributed by atoms with van der Waals surface area (Å²) in [6.07, 6.45) is 1.14. The molecule has 0 aliphatic carbocycles. The van der Waals surface area contributed by atoms with Crippen molar-refractivity contribution in [2.75, 3.05) is 71.0 Å². The average Bonchev–Trinajstić information content (AvgIpc) is 3.70. The lowest BCUT2D eigenvalue weighted by molar-refractivity contribution is 0.293. The van der Waals surface area contributed by atoms with Crippen LogP contribution in [0.15, 0.2) is 101 Å². The zero-order valence-electron chi connectivity index (χ0n) is 30.7. The van der Waals surface area contributed by atoms with Crippen LogP contribution in [0.3, 0.4) is 0 Å². The molecular formula is C37H50Cl2N8O5S2. The van der Waals surface area contributed by atoms with Crippen LogP contribution in [0.5, 0.6) is 5.75 Å². The van der Waals surface area contributed by atoms with Crippen LogP contribution in [0, 0.1) is 0 Å². The number of benzene rings is 4. The van der Waals surface area contributed by atoms with Crippen molar-refractivity contribution < 1.29 is 21.6 Å². The van der Waals surface area contributed by atoms with E-state index in [-0.39, 0.29) is 40.6 Å². The summed E-state index contributed by atoms with van der Waals surface area (Å²) in [7, 11) is -3.79. The number of rotatable bonds is 9. The highest BCUT2D eigenvalue weighted by atomic mass is 35.5. The summed E-state index contributed by atoms with van der Waals surface area (Å²) in [5.41, 5.74) is 16.1. The first-order chi connectivity index (χ1) is 24.8. The molecule has 3 saturated heterocycles. The van der Waals surface area contributed by atoms with E-state index in [9.17, 15) is 16.8 Å². The molecule has 0 saturated carbocycles. The first-order valence-corrected chi connectivity index (χ1v) is 20.2. The molecule has 2 bridgehead atoms. The number of piperazine rings is 2. The molecule has 3 aliphatic rings. The number of ether oxygens (including phenoxy) is 1. The number of likely N-dealkylation sites (tertiary alicyclic amines) is 1. The van der Waals surface area contributed by atoms with Crippen molar-refractivity contribution in [3.05, 3.63) is 91.0 Å². The van der Waals surface area contributed by atoms with Gasteiger partial charge >= 0.3 is 0 Å². The number of nitrogen functional groups attached to an aromatic ring is 2. The van der Waals surface area contributed by atoms with Crippen molar-refractivity contribution in [3.63, 3.8) is 0 Å². The minimum Gasteiger partial charge on any atom is -0.495 e. The average molecular weight is 822 g/mol. The Labute approximate surface area is 331 Å². The molecule has 4 aromatic carbocycles. The SMILES string of the molecule is CN1CC2CC1CN2c1ccc(S(=O)(=O)Nc2ccccc2)cc1N.COc1ccccc1NS(=O)(=O)c1ccc(N2C[C@H](C)NC[C@H]2C)c(N)c1.Cl.Cl. The summed E-state index contributed by atoms with van der Waals surface area (Å²) in [5.74, 6) is 0.453. The summed E-state index contributed by atoms with van der Waals surface area (Å²) in [6, 6.07) is 27.2. The lowest BCUT2D eigenvalue weighted by Crippen LogP contribution is -2.54. The number of fused-ring (bicyclic) bond motifs is 2. The van der Waals surface area contributed by atoms with Crippen molar-refractivity contribution in [3.8, 4) is 5.75 Å². The Balaban J connectivity index is 0.000000233. The summed E-state index contributed by atoms with van der Waals surface area (Å²) in [4.78, 5) is 7.19. The van der Waals surface area contributed by atoms with Gasteiger partial charge in [-0.3, -0.25) is 14.3 Å². The summed E-state index contributed by atoms with van der Waals surface area (Å²) < 4.78 is 61.1. The van der Waals surface area contributed by atoms with Crippen molar-refractivity contribution in [1.29, 1.82) is 0 Å². The van der Waals surface area contributed by atoms with Crippen LogP contribution < -0.4 is 40.8 Å². The van der Waals surface area contributed by atoms with Crippen LogP contribution in [0.1, 0.15) is 20.3 Å². The number of hydrogen-bond donors (Lipinski definition) is 5. The molecule has 3 heterocycles. The van der Waals surface area contributed by atoms with E-state index in [2.05, 4.69) is 50.4 Å². The second kappa shape index (κ2) is 17.6. The number of nitrogens with two attached hydrogens (primary N) is 2. The highest BCUT2D eigenvalue weighted by Crippen LogP contribution is 2.37. The maximum Gasteiger partial charge on any atom is 0.262 e. The van der Waals surface area contributed by atoms with Gasteiger partial charge < -0.3 is 31.3 Å². The van der Waals surface area contributed by atoms with E-state index in [1.807, 2.05) is 12.1 Å². The zero-order valence-corrected chi connectivity index (χ0v) is 33.9. The number of nitrogens with zero attached hydrogens (tertiary/aromatic N) is 3. The van der Waals surface area contributed by atoms with Gasteiger partial charge in [0.05, 0.1) is 45.3 Å². The van der Waals surface area contributed by atoms with E-state index >= 15 is 0 Å². The Morgan fingerprint density at radius 2 is 1.30 bits per heavy atom. The third-order valence-corrected chi connectivity index (χ3v) is 12.6. The normalized spacial score (nSPS) is 20.9. The zero-order chi connectivity index (χ0) is 37.2. The smallest absolute Gasteiger partial charge is 0.262 e. The maximum atomic E-state index is 12.8. The number of methoxy groups -OCH3 is 1. The van der Waals surface area contributed by atoms with Gasteiger partial charge in [0, 0.05) is 56.0 Å². The molecule has 0 radical (unpaired) electrons. The van der Waals surface area contributed by atoms with E-state index < -0.39 is 20.0 Å². The van der Waals surface area contributed by atoms with E-state index in [4.69, 9.17) is 16.2 Å². The molecule has 4 aromatic rings. The number of anilines is 6. The van der Waals surface area contributed by atoms with Crippen molar-refractivity contribution in [1.82, 2.24) is 10.2 Å². The Hall–Kier alpha value is -4.12. The largest absolute Gasteiger partial charge is 0.495 e. The molecule has 17 heteroatoms. The number of nitrogens with one attached hydrogen (secondary N) is 3. The topological polar surface area (TPSA) is 175 Å². The van der Waals surface area contributed by atoms with E-state index in [1.54, 1.807) is 72.8 Å². The van der Waals surface area contributed by atoms with Gasteiger partial charge in [-0.1, -0.05) is 30.3 Å². The van der Waals surface area contributed by atoms with Gasteiger partial charge in [0.25, 0.3) is 20.0 Å². The highest BCUT2D eigenvalue weighted by Gasteiger charge is 2.42. The third-order valence-electron chi connectivity index (χ3n) is 9.89. The molecule has 0 spiro atoms. The number of para-hydroxylation sites is 3. The summed E-state index contributed by atoms with van der Waals surface area (Å²) >= 11 is 0. The minimum absolute atomic E-state index is 0. The first kappa shape index (κ1) is 42.6. The van der Waals surface area contributed by atoms with Gasteiger partial charge in [0.1, 0.15) is 5.75 Å². The Morgan fingerprint density at radius 1 is 0.722 bits per heavy atom. The van der Waals surface area contributed by atoms with Gasteiger partial charge in [-0.05, 0) is 88.0 Å². The molecule has 0 amide bonds. The van der Waals surface area contributed by atoms with Gasteiger partial charge in [0.15, 0.2) is 0 Å². The van der Waals surface area contributed by atoms with Crippen molar-refractivity contribution in [2.45, 2.75) is 54.2 Å². The lowest BCUT2D eigenvalue weighted by Gasteiger charge is -2.39. The number of hydrogen-bond acceptors (Lipinski definition) is 11. The molecule has 3 fully saturated rings. The predicted octanol–water partition coefficient (Wildman–Crippen LogP) is 5.07. The fourth-order valence-electron chi connectivity index (χ4n) is 7.09. The van der Waals surface area contributed by atoms with Gasteiger partial charge in [-0.2, -0.15) is 0 Å². The molecule has 3 aliphatic heterocycles. The van der Waals surface area contributed by atoms with Crippen molar-refractivity contribution >= 4 is 79.0 Å². The molecule has 54 heavy (non-hydrogen) atoms. The number of halogens is 2. The lowest BCUT2D eigenvalue weighted by atomic mass is 10.1. The molecule has 4 atom stereocenters. The fraction of sp³-hybridized carbons (Fsp3) is 0.351. The van der Waals surface area contributed by atoms with Crippen molar-refractivity contribution in [2.24, 2.45) is 0 Å². The molecule has 0 aromatic heterocycles. The molecule has 7 N–H and O–H groups in total. The summed E-state index contributed by atoms with van der Waals surface area (Å²) in [5, 5.41) is 3.42. The van der Waals surface area contributed by atoms with Crippen LogP contribution in [0.2, 0.25) is 0 Å². The van der Waals surface area contributed by atoms with E-state index in [0.717, 1.165) is 44.0 Å².